The molecule has 0 fully saturated rings. The first-order chi connectivity index (χ1) is 10.8. The molecular formula is C17H14N4O. The normalized spacial score (nSPS) is 9.18. The SMILES string of the molecule is N#CC(C#N)=CNc1ccccc1OCCc1ccccn1. The molecule has 0 amide bonds. The lowest BCUT2D eigenvalue weighted by atomic mass is 10.2. The van der Waals surface area contributed by atoms with Crippen molar-refractivity contribution in [2.75, 3.05) is 11.9 Å². The van der Waals surface area contributed by atoms with E-state index in [0.29, 0.717) is 24.5 Å². The zero-order chi connectivity index (χ0) is 15.6. The van der Waals surface area contributed by atoms with Crippen molar-refractivity contribution in [3.8, 4) is 17.9 Å². The number of hydrogen-bond donors (Lipinski definition) is 1. The highest BCUT2D eigenvalue weighted by atomic mass is 16.5. The zero-order valence-corrected chi connectivity index (χ0v) is 11.9. The summed E-state index contributed by atoms with van der Waals surface area (Å²) in [6, 6.07) is 16.7. The van der Waals surface area contributed by atoms with Crippen molar-refractivity contribution in [3.63, 3.8) is 0 Å². The molecule has 22 heavy (non-hydrogen) atoms. The molecule has 1 aromatic heterocycles. The summed E-state index contributed by atoms with van der Waals surface area (Å²) < 4.78 is 5.74. The minimum Gasteiger partial charge on any atom is -0.491 e. The molecule has 1 heterocycles. The van der Waals surface area contributed by atoms with E-state index in [1.807, 2.05) is 42.5 Å². The summed E-state index contributed by atoms with van der Waals surface area (Å²) in [5, 5.41) is 20.4. The second kappa shape index (κ2) is 8.08. The lowest BCUT2D eigenvalue weighted by Crippen LogP contribution is -2.04. The molecule has 5 heteroatoms. The number of allylic oxidation sites excluding steroid dienone is 1. The van der Waals surface area contributed by atoms with Crippen LogP contribution in [0.2, 0.25) is 0 Å². The smallest absolute Gasteiger partial charge is 0.145 e. The highest BCUT2D eigenvalue weighted by Gasteiger charge is 2.02. The molecule has 0 saturated carbocycles. The highest BCUT2D eigenvalue weighted by molar-refractivity contribution is 5.59. The summed E-state index contributed by atoms with van der Waals surface area (Å²) in [4.78, 5) is 4.24. The van der Waals surface area contributed by atoms with E-state index in [1.54, 1.807) is 18.3 Å². The summed E-state index contributed by atoms with van der Waals surface area (Å²) >= 11 is 0. The maximum Gasteiger partial charge on any atom is 0.145 e. The van der Waals surface area contributed by atoms with Crippen LogP contribution in [0, 0.1) is 22.7 Å². The Morgan fingerprint density at radius 3 is 2.64 bits per heavy atom. The molecule has 2 aromatic rings. The van der Waals surface area contributed by atoms with Crippen LogP contribution in [0.25, 0.3) is 0 Å². The fourth-order valence-electron chi connectivity index (χ4n) is 1.76. The third-order valence-corrected chi connectivity index (χ3v) is 2.84. The predicted molar refractivity (Wildman–Crippen MR) is 82.8 cm³/mol. The molecule has 1 aromatic carbocycles. The quantitative estimate of drug-likeness (QED) is 0.827. The molecule has 5 nitrogen and oxygen atoms in total. The van der Waals surface area contributed by atoms with Gasteiger partial charge in [-0.25, -0.2) is 0 Å². The molecular weight excluding hydrogens is 276 g/mol. The maximum absolute atomic E-state index is 8.72. The van der Waals surface area contributed by atoms with E-state index >= 15 is 0 Å². The van der Waals surface area contributed by atoms with Crippen molar-refractivity contribution >= 4 is 5.69 Å². The number of rotatable bonds is 6. The van der Waals surface area contributed by atoms with Crippen molar-refractivity contribution in [2.45, 2.75) is 6.42 Å². The molecule has 0 bridgehead atoms. The lowest BCUT2D eigenvalue weighted by Gasteiger charge is -2.11. The average Bonchev–Trinajstić information content (AvgIpc) is 2.58. The number of ether oxygens (including phenoxy) is 1. The van der Waals surface area contributed by atoms with Crippen molar-refractivity contribution in [1.82, 2.24) is 4.98 Å². The van der Waals surface area contributed by atoms with Gasteiger partial charge >= 0.3 is 0 Å². The van der Waals surface area contributed by atoms with Crippen LogP contribution in [-0.2, 0) is 6.42 Å². The highest BCUT2D eigenvalue weighted by Crippen LogP contribution is 2.24. The van der Waals surface area contributed by atoms with Crippen LogP contribution < -0.4 is 10.1 Å². The van der Waals surface area contributed by atoms with Gasteiger partial charge in [0.25, 0.3) is 0 Å². The van der Waals surface area contributed by atoms with Crippen molar-refractivity contribution in [1.29, 1.82) is 10.5 Å². The molecule has 0 aliphatic heterocycles. The summed E-state index contributed by atoms with van der Waals surface area (Å²) in [7, 11) is 0. The Kier molecular flexibility index (Phi) is 5.54. The number of aromatic nitrogens is 1. The first-order valence-corrected chi connectivity index (χ1v) is 6.72. The van der Waals surface area contributed by atoms with E-state index in [9.17, 15) is 0 Å². The molecule has 0 radical (unpaired) electrons. The Balaban J connectivity index is 1.98. The van der Waals surface area contributed by atoms with Crippen molar-refractivity contribution in [3.05, 3.63) is 66.1 Å². The third-order valence-electron chi connectivity index (χ3n) is 2.84. The largest absolute Gasteiger partial charge is 0.491 e. The van der Waals surface area contributed by atoms with E-state index in [1.165, 1.54) is 6.20 Å². The third kappa shape index (κ3) is 4.36. The van der Waals surface area contributed by atoms with Gasteiger partial charge in [-0.3, -0.25) is 4.98 Å². The Morgan fingerprint density at radius 1 is 1.14 bits per heavy atom. The number of pyridine rings is 1. The van der Waals surface area contributed by atoms with E-state index < -0.39 is 0 Å². The van der Waals surface area contributed by atoms with Crippen LogP contribution in [0.5, 0.6) is 5.75 Å². The fourth-order valence-corrected chi connectivity index (χ4v) is 1.76. The fraction of sp³-hybridized carbons (Fsp3) is 0.118. The standard InChI is InChI=1S/C17H14N4O/c18-11-14(12-19)13-21-16-6-1-2-7-17(16)22-10-8-15-5-3-4-9-20-15/h1-7,9,13,21H,8,10H2. The number of nitrogens with zero attached hydrogens (tertiary/aromatic N) is 3. The molecule has 0 spiro atoms. The molecule has 108 valence electrons. The van der Waals surface area contributed by atoms with Crippen LogP contribution in [0.1, 0.15) is 5.69 Å². The topological polar surface area (TPSA) is 81.7 Å². The lowest BCUT2D eigenvalue weighted by molar-refractivity contribution is 0.322. The van der Waals surface area contributed by atoms with Gasteiger partial charge in [0.05, 0.1) is 12.3 Å². The molecule has 0 saturated heterocycles. The van der Waals surface area contributed by atoms with E-state index in [2.05, 4.69) is 10.3 Å². The number of nitriles is 2. The number of benzene rings is 1. The molecule has 0 aliphatic rings. The molecule has 0 aliphatic carbocycles. The van der Waals surface area contributed by atoms with Gasteiger partial charge in [0.15, 0.2) is 0 Å². The van der Waals surface area contributed by atoms with Gasteiger partial charge in [-0.1, -0.05) is 18.2 Å². The van der Waals surface area contributed by atoms with Crippen LogP contribution in [0.3, 0.4) is 0 Å². The van der Waals surface area contributed by atoms with Gasteiger partial charge in [-0.2, -0.15) is 10.5 Å². The summed E-state index contributed by atoms with van der Waals surface area (Å²) in [5.74, 6) is 0.657. The van der Waals surface area contributed by atoms with Gasteiger partial charge in [0.2, 0.25) is 0 Å². The zero-order valence-electron chi connectivity index (χ0n) is 11.9. The second-order valence-electron chi connectivity index (χ2n) is 4.34. The Morgan fingerprint density at radius 2 is 1.91 bits per heavy atom. The van der Waals surface area contributed by atoms with Crippen LogP contribution >= 0.6 is 0 Å². The molecule has 0 atom stereocenters. The van der Waals surface area contributed by atoms with Gasteiger partial charge in [-0.05, 0) is 24.3 Å². The summed E-state index contributed by atoms with van der Waals surface area (Å²) in [5.41, 5.74) is 1.67. The molecule has 2 rings (SSSR count). The van der Waals surface area contributed by atoms with Crippen molar-refractivity contribution in [2.24, 2.45) is 0 Å². The Hall–Kier alpha value is -3.31. The maximum atomic E-state index is 8.72. The van der Waals surface area contributed by atoms with Gasteiger partial charge < -0.3 is 10.1 Å². The first-order valence-electron chi connectivity index (χ1n) is 6.72. The minimum absolute atomic E-state index is 0.00305. The Bertz CT molecular complexity index is 710. The molecule has 0 unspecified atom stereocenters. The van der Waals surface area contributed by atoms with Crippen LogP contribution in [0.4, 0.5) is 5.69 Å². The summed E-state index contributed by atoms with van der Waals surface area (Å²) in [6.07, 6.45) is 3.81. The van der Waals surface area contributed by atoms with E-state index in [0.717, 1.165) is 5.69 Å². The number of para-hydroxylation sites is 2. The van der Waals surface area contributed by atoms with Crippen LogP contribution in [-0.4, -0.2) is 11.6 Å². The first kappa shape index (κ1) is 15.1. The number of nitrogens with one attached hydrogen (secondary N) is 1. The Labute approximate surface area is 129 Å². The second-order valence-corrected chi connectivity index (χ2v) is 4.34. The predicted octanol–water partition coefficient (Wildman–Crippen LogP) is 3.05. The van der Waals surface area contributed by atoms with Crippen LogP contribution in [0.15, 0.2) is 60.4 Å². The minimum atomic E-state index is 0.00305. The van der Waals surface area contributed by atoms with Crippen molar-refractivity contribution < 1.29 is 4.74 Å². The van der Waals surface area contributed by atoms with E-state index in [4.69, 9.17) is 15.3 Å². The monoisotopic (exact) mass is 290 g/mol. The number of hydrogen-bond acceptors (Lipinski definition) is 5. The number of anilines is 1. The van der Waals surface area contributed by atoms with Gasteiger partial charge in [0.1, 0.15) is 23.5 Å². The summed E-state index contributed by atoms with van der Waals surface area (Å²) in [6.45, 7) is 0.489. The van der Waals surface area contributed by atoms with Gasteiger partial charge in [0, 0.05) is 24.5 Å². The average molecular weight is 290 g/mol. The van der Waals surface area contributed by atoms with Gasteiger partial charge in [-0.15, -0.1) is 0 Å². The molecule has 1 N–H and O–H groups in total. The van der Waals surface area contributed by atoms with E-state index in [-0.39, 0.29) is 5.57 Å².